The van der Waals surface area contributed by atoms with Gasteiger partial charge in [0.1, 0.15) is 17.1 Å². The average Bonchev–Trinajstić information content (AvgIpc) is 3.42. The molecule has 0 aromatic heterocycles. The normalized spacial score (nSPS) is 39.2. The molecule has 1 aliphatic heterocycles. The third-order valence-electron chi connectivity index (χ3n) is 12.3. The number of ether oxygens (including phenoxy) is 2. The number of carbonyl (C=O) groups is 2. The molecule has 42 heavy (non-hydrogen) atoms. The minimum Gasteiger partial charge on any atom is -0.487 e. The van der Waals surface area contributed by atoms with E-state index in [0.29, 0.717) is 48.5 Å². The Balaban J connectivity index is 1.08. The number of aliphatic hydroxyl groups excluding tert-OH is 1. The van der Waals surface area contributed by atoms with Crippen LogP contribution in [-0.4, -0.2) is 43.7 Å². The van der Waals surface area contributed by atoms with Crippen LogP contribution in [0, 0.1) is 46.3 Å². The molecular weight excluding hydrogens is 554 g/mol. The molecule has 2 N–H and O–H groups in total. The van der Waals surface area contributed by atoms with Gasteiger partial charge in [-0.05, 0) is 122 Å². The van der Waals surface area contributed by atoms with Gasteiger partial charge in [0.15, 0.2) is 0 Å². The lowest BCUT2D eigenvalue weighted by molar-refractivity contribution is -0.169. The van der Waals surface area contributed by atoms with Crippen LogP contribution in [0.4, 0.5) is 4.79 Å². The van der Waals surface area contributed by atoms with Crippen LogP contribution in [0.3, 0.4) is 0 Å². The maximum absolute atomic E-state index is 13.0. The highest BCUT2D eigenvalue weighted by atomic mass is 32.2. The summed E-state index contributed by atoms with van der Waals surface area (Å²) in [6.45, 7) is 10.9. The summed E-state index contributed by atoms with van der Waals surface area (Å²) in [6.07, 6.45) is 6.38. The maximum Gasteiger partial charge on any atom is 0.421 e. The Morgan fingerprint density at radius 1 is 1.12 bits per heavy atom. The van der Waals surface area contributed by atoms with E-state index in [2.05, 4.69) is 25.5 Å². The lowest BCUT2D eigenvalue weighted by Crippen LogP contribution is -2.58. The SMILES string of the molecule is C[C@H](COC(=O)NS(=O)(=O)c1ccc2c(c1)CC(C)(C)O2)[C@H]1CC[C@H]2[C@@H]3[C@H](O)C[C@@H]4CC(=O)CC[C@]4(C)[C@H]3CC[C@]12C. The van der Waals surface area contributed by atoms with Crippen molar-refractivity contribution in [3.63, 3.8) is 0 Å². The molecule has 8 nitrogen and oxygen atoms in total. The van der Waals surface area contributed by atoms with Gasteiger partial charge in [0.05, 0.1) is 17.6 Å². The van der Waals surface area contributed by atoms with Crippen molar-refractivity contribution in [1.82, 2.24) is 4.72 Å². The Kier molecular flexibility index (Phi) is 7.28. The quantitative estimate of drug-likeness (QED) is 0.448. The predicted octanol–water partition coefficient (Wildman–Crippen LogP) is 5.65. The zero-order chi connectivity index (χ0) is 30.2. The average molecular weight is 602 g/mol. The number of nitrogens with one attached hydrogen (secondary N) is 1. The largest absolute Gasteiger partial charge is 0.487 e. The molecule has 4 aliphatic carbocycles. The van der Waals surface area contributed by atoms with E-state index in [1.165, 1.54) is 6.07 Å². The first-order valence-electron chi connectivity index (χ1n) is 15.8. The third kappa shape index (κ3) is 4.96. The summed E-state index contributed by atoms with van der Waals surface area (Å²) in [7, 11) is -4.08. The van der Waals surface area contributed by atoms with Crippen molar-refractivity contribution in [1.29, 1.82) is 0 Å². The molecule has 1 heterocycles. The van der Waals surface area contributed by atoms with Crippen molar-refractivity contribution in [2.45, 2.75) is 109 Å². The van der Waals surface area contributed by atoms with E-state index >= 15 is 0 Å². The van der Waals surface area contributed by atoms with Gasteiger partial charge < -0.3 is 14.6 Å². The monoisotopic (exact) mass is 601 g/mol. The second kappa shape index (κ2) is 10.2. The van der Waals surface area contributed by atoms with Crippen LogP contribution in [0.15, 0.2) is 23.1 Å². The summed E-state index contributed by atoms with van der Waals surface area (Å²) in [6, 6.07) is 4.64. The third-order valence-corrected chi connectivity index (χ3v) is 13.6. The zero-order valence-corrected chi connectivity index (χ0v) is 26.5. The number of rotatable bonds is 5. The molecule has 9 heteroatoms. The Morgan fingerprint density at radius 3 is 2.62 bits per heavy atom. The van der Waals surface area contributed by atoms with Crippen LogP contribution in [0.25, 0.3) is 0 Å². The van der Waals surface area contributed by atoms with Gasteiger partial charge >= 0.3 is 6.09 Å². The molecule has 0 saturated heterocycles. The zero-order valence-electron chi connectivity index (χ0n) is 25.6. The summed E-state index contributed by atoms with van der Waals surface area (Å²) in [5.74, 6) is 2.76. The van der Waals surface area contributed by atoms with Crippen molar-refractivity contribution in [2.75, 3.05) is 6.61 Å². The molecule has 1 aromatic carbocycles. The number of amides is 1. The van der Waals surface area contributed by atoms with Gasteiger partial charge in [-0.2, -0.15) is 0 Å². The van der Waals surface area contributed by atoms with E-state index in [9.17, 15) is 23.1 Å². The van der Waals surface area contributed by atoms with Crippen LogP contribution in [-0.2, 0) is 26.0 Å². The molecule has 6 rings (SSSR count). The molecule has 4 saturated carbocycles. The Morgan fingerprint density at radius 2 is 1.86 bits per heavy atom. The molecule has 0 radical (unpaired) electrons. The highest BCUT2D eigenvalue weighted by Gasteiger charge is 2.63. The molecule has 5 aliphatic rings. The first kappa shape index (κ1) is 29.9. The Labute approximate surface area is 250 Å². The molecule has 0 bridgehead atoms. The number of aliphatic hydroxyl groups is 1. The lowest BCUT2D eigenvalue weighted by Gasteiger charge is -2.61. The van der Waals surface area contributed by atoms with Gasteiger partial charge in [-0.3, -0.25) is 4.79 Å². The smallest absolute Gasteiger partial charge is 0.421 e. The summed E-state index contributed by atoms with van der Waals surface area (Å²) >= 11 is 0. The number of sulfonamides is 1. The number of ketones is 1. The van der Waals surface area contributed by atoms with Gasteiger partial charge in [0, 0.05) is 19.3 Å². The van der Waals surface area contributed by atoms with Gasteiger partial charge in [-0.25, -0.2) is 17.9 Å². The van der Waals surface area contributed by atoms with Crippen molar-refractivity contribution in [3.8, 4) is 5.75 Å². The van der Waals surface area contributed by atoms with Crippen molar-refractivity contribution in [3.05, 3.63) is 23.8 Å². The molecular formula is C33H47NO7S. The highest BCUT2D eigenvalue weighted by Crippen LogP contribution is 2.68. The fourth-order valence-corrected chi connectivity index (χ4v) is 11.2. The topological polar surface area (TPSA) is 119 Å². The van der Waals surface area contributed by atoms with E-state index in [1.807, 2.05) is 13.8 Å². The van der Waals surface area contributed by atoms with Crippen LogP contribution in [0.5, 0.6) is 5.75 Å². The van der Waals surface area contributed by atoms with Gasteiger partial charge in [-0.15, -0.1) is 0 Å². The van der Waals surface area contributed by atoms with Crippen LogP contribution in [0.2, 0.25) is 0 Å². The first-order chi connectivity index (χ1) is 19.6. The molecule has 1 aromatic rings. The van der Waals surface area contributed by atoms with Crippen molar-refractivity contribution in [2.24, 2.45) is 46.3 Å². The van der Waals surface area contributed by atoms with Crippen molar-refractivity contribution >= 4 is 21.9 Å². The summed E-state index contributed by atoms with van der Waals surface area (Å²) in [4.78, 5) is 24.9. The molecule has 4 fully saturated rings. The number of Topliss-reactive ketones (excluding diaryl/α,β-unsaturated/α-hetero) is 1. The van der Waals surface area contributed by atoms with Crippen LogP contribution < -0.4 is 9.46 Å². The molecule has 0 unspecified atom stereocenters. The molecule has 0 spiro atoms. The van der Waals surface area contributed by atoms with Crippen LogP contribution >= 0.6 is 0 Å². The number of hydrogen-bond donors (Lipinski definition) is 2. The predicted molar refractivity (Wildman–Crippen MR) is 157 cm³/mol. The lowest BCUT2D eigenvalue weighted by atomic mass is 9.44. The molecule has 1 amide bonds. The minimum absolute atomic E-state index is 0.0137. The Bertz CT molecular complexity index is 1370. The van der Waals surface area contributed by atoms with E-state index < -0.39 is 21.7 Å². The van der Waals surface area contributed by atoms with E-state index in [0.717, 1.165) is 44.1 Å². The van der Waals surface area contributed by atoms with E-state index in [1.54, 1.807) is 12.1 Å². The van der Waals surface area contributed by atoms with Gasteiger partial charge in [0.2, 0.25) is 0 Å². The molecule has 232 valence electrons. The van der Waals surface area contributed by atoms with Crippen LogP contribution in [0.1, 0.15) is 91.5 Å². The first-order valence-corrected chi connectivity index (χ1v) is 17.3. The number of carbonyl (C=O) groups excluding carboxylic acids is 2. The second-order valence-electron chi connectivity index (χ2n) is 15.3. The Hall–Kier alpha value is -2.13. The van der Waals surface area contributed by atoms with Gasteiger partial charge in [0.25, 0.3) is 10.0 Å². The highest BCUT2D eigenvalue weighted by molar-refractivity contribution is 7.90. The minimum atomic E-state index is -4.08. The van der Waals surface area contributed by atoms with Crippen molar-refractivity contribution < 1.29 is 32.6 Å². The van der Waals surface area contributed by atoms with E-state index in [-0.39, 0.29) is 46.2 Å². The standard InChI is InChI=1S/C33H47NO7S/c1-19(18-40-30(37)34-42(38,39)23-6-9-28-20(14-23)17-31(2,3)41-28)24-7-8-25-29-26(11-13-33(24,25)5)32(4)12-10-22(35)15-21(32)16-27(29)36/h6,9,14,19,21,24-27,29,36H,7-8,10-13,15-18H2,1-5H3,(H,34,37)/t19-,21+,24-,25+,26+,27-,29+,32+,33-/m1/s1. The fourth-order valence-electron chi connectivity index (χ4n) is 10.3. The maximum atomic E-state index is 13.0. The number of hydrogen-bond acceptors (Lipinski definition) is 7. The number of fused-ring (bicyclic) bond motifs is 6. The van der Waals surface area contributed by atoms with Gasteiger partial charge in [-0.1, -0.05) is 20.8 Å². The van der Waals surface area contributed by atoms with E-state index in [4.69, 9.17) is 9.47 Å². The summed E-state index contributed by atoms with van der Waals surface area (Å²) < 4.78 is 39.4. The number of benzene rings is 1. The summed E-state index contributed by atoms with van der Waals surface area (Å²) in [5, 5.41) is 11.4. The second-order valence-corrected chi connectivity index (χ2v) is 16.9. The molecule has 9 atom stereocenters. The summed E-state index contributed by atoms with van der Waals surface area (Å²) in [5.41, 5.74) is 0.556. The fraction of sp³-hybridized carbons (Fsp3) is 0.758.